The number of hydrogen-bond acceptors (Lipinski definition) is 2. The van der Waals surface area contributed by atoms with Crippen LogP contribution in [0.5, 0.6) is 0 Å². The fourth-order valence-corrected chi connectivity index (χ4v) is 1.75. The van der Waals surface area contributed by atoms with Gasteiger partial charge in [-0.1, -0.05) is 19.3 Å². The summed E-state index contributed by atoms with van der Waals surface area (Å²) < 4.78 is 5.35. The van der Waals surface area contributed by atoms with Crippen molar-refractivity contribution in [1.29, 1.82) is 0 Å². The molecular formula is C12H19ClO2. The number of aliphatic hydroxyl groups is 1. The Bertz CT molecular complexity index is 270. The number of aryl methyl sites for hydroxylation is 1. The Morgan fingerprint density at radius 2 is 2.00 bits per heavy atom. The number of alkyl halides is 1. The Morgan fingerprint density at radius 3 is 2.60 bits per heavy atom. The summed E-state index contributed by atoms with van der Waals surface area (Å²) in [5, 5.41) is 9.77. The van der Waals surface area contributed by atoms with Gasteiger partial charge in [0.2, 0.25) is 0 Å². The van der Waals surface area contributed by atoms with Crippen LogP contribution in [0, 0.1) is 6.92 Å². The lowest BCUT2D eigenvalue weighted by Gasteiger charge is -2.06. The van der Waals surface area contributed by atoms with E-state index in [-0.39, 0.29) is 0 Å². The quantitative estimate of drug-likeness (QED) is 0.571. The molecule has 0 aliphatic heterocycles. The second-order valence-electron chi connectivity index (χ2n) is 3.86. The summed E-state index contributed by atoms with van der Waals surface area (Å²) in [4.78, 5) is 0. The van der Waals surface area contributed by atoms with Crippen molar-refractivity contribution in [2.75, 3.05) is 5.88 Å². The van der Waals surface area contributed by atoms with Crippen LogP contribution < -0.4 is 0 Å². The van der Waals surface area contributed by atoms with E-state index < -0.39 is 6.10 Å². The van der Waals surface area contributed by atoms with Gasteiger partial charge in [-0.2, -0.15) is 0 Å². The highest BCUT2D eigenvalue weighted by atomic mass is 35.5. The lowest BCUT2D eigenvalue weighted by molar-refractivity contribution is 0.135. The second-order valence-corrected chi connectivity index (χ2v) is 4.23. The third-order valence-corrected chi connectivity index (χ3v) is 2.72. The Morgan fingerprint density at radius 1 is 1.27 bits per heavy atom. The predicted octanol–water partition coefficient (Wildman–Crippen LogP) is 3.81. The van der Waals surface area contributed by atoms with Crippen LogP contribution in [0.2, 0.25) is 0 Å². The molecule has 1 aromatic heterocycles. The van der Waals surface area contributed by atoms with Gasteiger partial charge in [-0.15, -0.1) is 11.6 Å². The average Bonchev–Trinajstić information content (AvgIpc) is 2.64. The van der Waals surface area contributed by atoms with E-state index in [2.05, 4.69) is 0 Å². The van der Waals surface area contributed by atoms with Gasteiger partial charge < -0.3 is 9.52 Å². The van der Waals surface area contributed by atoms with Gasteiger partial charge in [0.25, 0.3) is 0 Å². The van der Waals surface area contributed by atoms with E-state index in [9.17, 15) is 5.11 Å². The number of furan rings is 1. The number of rotatable bonds is 7. The molecule has 1 rings (SSSR count). The molecule has 0 bridgehead atoms. The second kappa shape index (κ2) is 6.91. The monoisotopic (exact) mass is 230 g/mol. The maximum Gasteiger partial charge on any atom is 0.132 e. The van der Waals surface area contributed by atoms with E-state index in [1.165, 1.54) is 0 Å². The maximum absolute atomic E-state index is 9.77. The van der Waals surface area contributed by atoms with Crippen LogP contribution in [0.15, 0.2) is 16.5 Å². The average molecular weight is 231 g/mol. The van der Waals surface area contributed by atoms with E-state index in [0.29, 0.717) is 5.76 Å². The molecule has 0 amide bonds. The minimum Gasteiger partial charge on any atom is -0.464 e. The Kier molecular flexibility index (Phi) is 5.81. The molecule has 0 aromatic carbocycles. The highest BCUT2D eigenvalue weighted by Crippen LogP contribution is 2.21. The largest absolute Gasteiger partial charge is 0.464 e. The molecule has 0 spiro atoms. The van der Waals surface area contributed by atoms with Crippen molar-refractivity contribution in [2.24, 2.45) is 0 Å². The first-order valence-corrected chi connectivity index (χ1v) is 6.08. The molecule has 86 valence electrons. The number of halogens is 1. The molecule has 0 saturated heterocycles. The first-order valence-electron chi connectivity index (χ1n) is 5.54. The molecule has 0 saturated carbocycles. The predicted molar refractivity (Wildman–Crippen MR) is 62.2 cm³/mol. The van der Waals surface area contributed by atoms with Crippen LogP contribution in [0.1, 0.15) is 49.7 Å². The minimum absolute atomic E-state index is 0.449. The minimum atomic E-state index is -0.449. The van der Waals surface area contributed by atoms with Crippen molar-refractivity contribution < 1.29 is 9.52 Å². The van der Waals surface area contributed by atoms with E-state index in [1.54, 1.807) is 0 Å². The van der Waals surface area contributed by atoms with E-state index in [1.807, 2.05) is 19.1 Å². The molecule has 0 aliphatic carbocycles. The molecular weight excluding hydrogens is 212 g/mol. The standard InChI is InChI=1S/C12H19ClO2/c1-10-7-8-12(15-10)11(14)6-4-2-3-5-9-13/h7-8,11,14H,2-6,9H2,1H3. The van der Waals surface area contributed by atoms with Crippen molar-refractivity contribution in [2.45, 2.75) is 45.1 Å². The zero-order valence-corrected chi connectivity index (χ0v) is 9.96. The van der Waals surface area contributed by atoms with Gasteiger partial charge in [0.05, 0.1) is 0 Å². The van der Waals surface area contributed by atoms with Gasteiger partial charge in [-0.3, -0.25) is 0 Å². The first kappa shape index (κ1) is 12.6. The molecule has 3 heteroatoms. The third kappa shape index (κ3) is 4.72. The van der Waals surface area contributed by atoms with Crippen LogP contribution >= 0.6 is 11.6 Å². The maximum atomic E-state index is 9.77. The van der Waals surface area contributed by atoms with Crippen LogP contribution in [0.4, 0.5) is 0 Å². The van der Waals surface area contributed by atoms with Crippen LogP contribution in [0.3, 0.4) is 0 Å². The molecule has 0 aliphatic rings. The molecule has 1 heterocycles. The van der Waals surface area contributed by atoms with Crippen molar-refractivity contribution in [3.05, 3.63) is 23.7 Å². The first-order chi connectivity index (χ1) is 7.24. The van der Waals surface area contributed by atoms with E-state index in [0.717, 1.165) is 43.7 Å². The van der Waals surface area contributed by atoms with Crippen LogP contribution in [-0.2, 0) is 0 Å². The van der Waals surface area contributed by atoms with Crippen molar-refractivity contribution in [1.82, 2.24) is 0 Å². The molecule has 0 fully saturated rings. The molecule has 2 nitrogen and oxygen atoms in total. The summed E-state index contributed by atoms with van der Waals surface area (Å²) in [6.45, 7) is 1.89. The van der Waals surface area contributed by atoms with Gasteiger partial charge in [0, 0.05) is 5.88 Å². The molecule has 1 aromatic rings. The third-order valence-electron chi connectivity index (χ3n) is 2.45. The molecule has 1 unspecified atom stereocenters. The van der Waals surface area contributed by atoms with Crippen molar-refractivity contribution >= 4 is 11.6 Å². The molecule has 15 heavy (non-hydrogen) atoms. The zero-order valence-electron chi connectivity index (χ0n) is 9.21. The molecule has 1 atom stereocenters. The summed E-state index contributed by atoms with van der Waals surface area (Å²) >= 11 is 5.58. The lowest BCUT2D eigenvalue weighted by atomic mass is 10.1. The van der Waals surface area contributed by atoms with Gasteiger partial charge in [-0.25, -0.2) is 0 Å². The van der Waals surface area contributed by atoms with E-state index >= 15 is 0 Å². The Balaban J connectivity index is 2.16. The fraction of sp³-hybridized carbons (Fsp3) is 0.667. The smallest absolute Gasteiger partial charge is 0.132 e. The summed E-state index contributed by atoms with van der Waals surface area (Å²) in [6.07, 6.45) is 4.69. The van der Waals surface area contributed by atoms with E-state index in [4.69, 9.17) is 16.0 Å². The summed E-state index contributed by atoms with van der Waals surface area (Å²) in [6, 6.07) is 3.73. The van der Waals surface area contributed by atoms with Gasteiger partial charge in [0.1, 0.15) is 17.6 Å². The Hall–Kier alpha value is -0.470. The summed E-state index contributed by atoms with van der Waals surface area (Å²) in [5.41, 5.74) is 0. The topological polar surface area (TPSA) is 33.4 Å². The molecule has 0 radical (unpaired) electrons. The summed E-state index contributed by atoms with van der Waals surface area (Å²) in [5.74, 6) is 2.27. The summed E-state index contributed by atoms with van der Waals surface area (Å²) in [7, 11) is 0. The molecule has 1 N–H and O–H groups in total. The highest BCUT2D eigenvalue weighted by molar-refractivity contribution is 6.17. The Labute approximate surface area is 96.2 Å². The number of aliphatic hydroxyl groups excluding tert-OH is 1. The highest BCUT2D eigenvalue weighted by Gasteiger charge is 2.10. The van der Waals surface area contributed by atoms with Gasteiger partial charge in [0.15, 0.2) is 0 Å². The van der Waals surface area contributed by atoms with Crippen LogP contribution in [-0.4, -0.2) is 11.0 Å². The fourth-order valence-electron chi connectivity index (χ4n) is 1.56. The van der Waals surface area contributed by atoms with Gasteiger partial charge in [-0.05, 0) is 31.9 Å². The van der Waals surface area contributed by atoms with Crippen molar-refractivity contribution in [3.63, 3.8) is 0 Å². The normalized spacial score (nSPS) is 13.0. The van der Waals surface area contributed by atoms with Crippen molar-refractivity contribution in [3.8, 4) is 0 Å². The van der Waals surface area contributed by atoms with Gasteiger partial charge >= 0.3 is 0 Å². The number of unbranched alkanes of at least 4 members (excludes halogenated alkanes) is 3. The van der Waals surface area contributed by atoms with Crippen LogP contribution in [0.25, 0.3) is 0 Å². The zero-order chi connectivity index (χ0) is 11.1. The number of hydrogen-bond donors (Lipinski definition) is 1. The lowest BCUT2D eigenvalue weighted by Crippen LogP contribution is -1.95. The SMILES string of the molecule is Cc1ccc(C(O)CCCCCCCl)o1.